The van der Waals surface area contributed by atoms with Gasteiger partial charge in [0, 0.05) is 12.0 Å². The zero-order valence-corrected chi connectivity index (χ0v) is 10.7. The van der Waals surface area contributed by atoms with E-state index in [0.29, 0.717) is 24.3 Å². The standard InChI is InChI=1S/C16H12FNO2/c17-13-3-6-16-12(7-13)8-15(20-16)10-19-14-4-1-11(9-18)2-5-14/h1-7,15H,8,10H2. The molecule has 0 aromatic heterocycles. The topological polar surface area (TPSA) is 42.2 Å². The number of benzene rings is 2. The molecule has 2 aromatic rings. The number of hydrogen-bond acceptors (Lipinski definition) is 3. The van der Waals surface area contributed by atoms with Gasteiger partial charge < -0.3 is 9.47 Å². The third kappa shape index (κ3) is 2.57. The van der Waals surface area contributed by atoms with Crippen LogP contribution in [0.5, 0.6) is 11.5 Å². The summed E-state index contributed by atoms with van der Waals surface area (Å²) in [4.78, 5) is 0. The van der Waals surface area contributed by atoms with E-state index in [0.717, 1.165) is 11.3 Å². The van der Waals surface area contributed by atoms with Gasteiger partial charge in [-0.1, -0.05) is 0 Å². The van der Waals surface area contributed by atoms with Crippen molar-refractivity contribution in [1.29, 1.82) is 5.26 Å². The molecule has 4 heteroatoms. The van der Waals surface area contributed by atoms with Crippen LogP contribution in [-0.4, -0.2) is 12.7 Å². The summed E-state index contributed by atoms with van der Waals surface area (Å²) in [6, 6.07) is 13.5. The summed E-state index contributed by atoms with van der Waals surface area (Å²) in [6.07, 6.45) is 0.533. The molecule has 0 bridgehead atoms. The predicted molar refractivity (Wildman–Crippen MR) is 71.2 cm³/mol. The van der Waals surface area contributed by atoms with E-state index in [-0.39, 0.29) is 11.9 Å². The maximum atomic E-state index is 13.1. The summed E-state index contributed by atoms with van der Waals surface area (Å²) < 4.78 is 24.4. The van der Waals surface area contributed by atoms with E-state index in [4.69, 9.17) is 14.7 Å². The van der Waals surface area contributed by atoms with Gasteiger partial charge in [0.15, 0.2) is 0 Å². The molecule has 3 rings (SSSR count). The largest absolute Gasteiger partial charge is 0.490 e. The van der Waals surface area contributed by atoms with Gasteiger partial charge in [0.05, 0.1) is 11.6 Å². The second kappa shape index (κ2) is 5.22. The molecule has 1 heterocycles. The van der Waals surface area contributed by atoms with E-state index >= 15 is 0 Å². The molecule has 1 aliphatic rings. The fourth-order valence-electron chi connectivity index (χ4n) is 2.20. The van der Waals surface area contributed by atoms with Crippen molar-refractivity contribution in [1.82, 2.24) is 0 Å². The third-order valence-electron chi connectivity index (χ3n) is 3.18. The molecule has 0 spiro atoms. The lowest BCUT2D eigenvalue weighted by Crippen LogP contribution is -2.22. The smallest absolute Gasteiger partial charge is 0.137 e. The van der Waals surface area contributed by atoms with Gasteiger partial charge in [0.2, 0.25) is 0 Å². The van der Waals surface area contributed by atoms with Crippen LogP contribution in [-0.2, 0) is 6.42 Å². The number of nitriles is 1. The first-order chi connectivity index (χ1) is 9.74. The van der Waals surface area contributed by atoms with Crippen LogP contribution in [0, 0.1) is 17.1 Å². The zero-order chi connectivity index (χ0) is 13.9. The summed E-state index contributed by atoms with van der Waals surface area (Å²) in [7, 11) is 0. The molecule has 0 aliphatic carbocycles. The number of halogens is 1. The number of ether oxygens (including phenoxy) is 2. The Hall–Kier alpha value is -2.54. The van der Waals surface area contributed by atoms with Crippen LogP contribution in [0.4, 0.5) is 4.39 Å². The van der Waals surface area contributed by atoms with Crippen molar-refractivity contribution in [3.63, 3.8) is 0 Å². The molecule has 2 aromatic carbocycles. The Bertz CT molecular complexity index is 661. The van der Waals surface area contributed by atoms with E-state index in [1.165, 1.54) is 12.1 Å². The highest BCUT2D eigenvalue weighted by atomic mass is 19.1. The quantitative estimate of drug-likeness (QED) is 0.860. The highest BCUT2D eigenvalue weighted by Gasteiger charge is 2.23. The molecule has 100 valence electrons. The predicted octanol–water partition coefficient (Wildman–Crippen LogP) is 3.08. The minimum absolute atomic E-state index is 0.109. The summed E-state index contributed by atoms with van der Waals surface area (Å²) in [5.74, 6) is 1.16. The van der Waals surface area contributed by atoms with Crippen LogP contribution >= 0.6 is 0 Å². The van der Waals surface area contributed by atoms with Crippen molar-refractivity contribution in [3.05, 3.63) is 59.4 Å². The van der Waals surface area contributed by atoms with E-state index in [2.05, 4.69) is 6.07 Å². The molecular weight excluding hydrogens is 257 g/mol. The molecule has 20 heavy (non-hydrogen) atoms. The number of hydrogen-bond donors (Lipinski definition) is 0. The van der Waals surface area contributed by atoms with Gasteiger partial charge in [-0.3, -0.25) is 0 Å². The average Bonchev–Trinajstić information content (AvgIpc) is 2.87. The molecule has 0 saturated heterocycles. The SMILES string of the molecule is N#Cc1ccc(OCC2Cc3cc(F)ccc3O2)cc1. The van der Waals surface area contributed by atoms with Crippen molar-refractivity contribution < 1.29 is 13.9 Å². The third-order valence-corrected chi connectivity index (χ3v) is 3.18. The van der Waals surface area contributed by atoms with E-state index in [1.807, 2.05) is 0 Å². The Kier molecular flexibility index (Phi) is 3.26. The lowest BCUT2D eigenvalue weighted by molar-refractivity contribution is 0.148. The minimum Gasteiger partial charge on any atom is -0.490 e. The number of rotatable bonds is 3. The molecule has 1 aliphatic heterocycles. The highest BCUT2D eigenvalue weighted by Crippen LogP contribution is 2.29. The molecule has 0 radical (unpaired) electrons. The normalized spacial score (nSPS) is 16.1. The fourth-order valence-corrected chi connectivity index (χ4v) is 2.20. The second-order valence-corrected chi connectivity index (χ2v) is 4.64. The first-order valence-electron chi connectivity index (χ1n) is 6.32. The van der Waals surface area contributed by atoms with Gasteiger partial charge in [-0.2, -0.15) is 5.26 Å². The first-order valence-corrected chi connectivity index (χ1v) is 6.32. The van der Waals surface area contributed by atoms with Crippen molar-refractivity contribution in [2.45, 2.75) is 12.5 Å². The molecule has 0 saturated carbocycles. The van der Waals surface area contributed by atoms with Crippen LogP contribution in [0.1, 0.15) is 11.1 Å². The lowest BCUT2D eigenvalue weighted by Gasteiger charge is -2.12. The molecule has 0 amide bonds. The fraction of sp³-hybridized carbons (Fsp3) is 0.188. The van der Waals surface area contributed by atoms with Crippen molar-refractivity contribution in [2.75, 3.05) is 6.61 Å². The summed E-state index contributed by atoms with van der Waals surface area (Å²) in [5, 5.41) is 8.71. The monoisotopic (exact) mass is 269 g/mol. The first kappa shape index (κ1) is 12.5. The van der Waals surface area contributed by atoms with E-state index in [9.17, 15) is 4.39 Å². The van der Waals surface area contributed by atoms with Gasteiger partial charge in [0.25, 0.3) is 0 Å². The highest BCUT2D eigenvalue weighted by molar-refractivity contribution is 5.38. The van der Waals surface area contributed by atoms with Crippen LogP contribution in [0.3, 0.4) is 0 Å². The van der Waals surface area contributed by atoms with Crippen molar-refractivity contribution in [3.8, 4) is 17.6 Å². The van der Waals surface area contributed by atoms with Gasteiger partial charge in [0.1, 0.15) is 30.0 Å². The van der Waals surface area contributed by atoms with Crippen LogP contribution < -0.4 is 9.47 Å². The Morgan fingerprint density at radius 2 is 2.05 bits per heavy atom. The maximum absolute atomic E-state index is 13.1. The Morgan fingerprint density at radius 3 is 2.80 bits per heavy atom. The lowest BCUT2D eigenvalue weighted by atomic mass is 10.1. The molecule has 0 N–H and O–H groups in total. The molecule has 0 fully saturated rings. The maximum Gasteiger partial charge on any atom is 0.137 e. The van der Waals surface area contributed by atoms with Gasteiger partial charge in [-0.25, -0.2) is 4.39 Å². The van der Waals surface area contributed by atoms with Crippen LogP contribution in [0.15, 0.2) is 42.5 Å². The van der Waals surface area contributed by atoms with E-state index < -0.39 is 0 Å². The zero-order valence-electron chi connectivity index (χ0n) is 10.7. The van der Waals surface area contributed by atoms with Gasteiger partial charge in [-0.05, 0) is 42.5 Å². The molecule has 1 unspecified atom stereocenters. The molecular formula is C16H12FNO2. The average molecular weight is 269 g/mol. The summed E-state index contributed by atoms with van der Waals surface area (Å²) >= 11 is 0. The molecule has 1 atom stereocenters. The summed E-state index contributed by atoms with van der Waals surface area (Å²) in [6.45, 7) is 0.391. The Balaban J connectivity index is 1.59. The molecule has 3 nitrogen and oxygen atoms in total. The van der Waals surface area contributed by atoms with Gasteiger partial charge in [-0.15, -0.1) is 0 Å². The summed E-state index contributed by atoms with van der Waals surface area (Å²) in [5.41, 5.74) is 1.47. The minimum atomic E-state index is -0.249. The number of fused-ring (bicyclic) bond motifs is 1. The second-order valence-electron chi connectivity index (χ2n) is 4.64. The van der Waals surface area contributed by atoms with Crippen molar-refractivity contribution in [2.24, 2.45) is 0 Å². The van der Waals surface area contributed by atoms with Crippen LogP contribution in [0.2, 0.25) is 0 Å². The van der Waals surface area contributed by atoms with Gasteiger partial charge >= 0.3 is 0 Å². The Labute approximate surface area is 116 Å². The van der Waals surface area contributed by atoms with E-state index in [1.54, 1.807) is 30.3 Å². The van der Waals surface area contributed by atoms with Crippen LogP contribution in [0.25, 0.3) is 0 Å². The number of nitrogens with zero attached hydrogens (tertiary/aromatic N) is 1. The van der Waals surface area contributed by atoms with Crippen molar-refractivity contribution >= 4 is 0 Å². The Morgan fingerprint density at radius 1 is 1.25 bits per heavy atom.